The lowest BCUT2D eigenvalue weighted by Gasteiger charge is -2.53. The molecule has 0 saturated carbocycles. The fraction of sp³-hybridized carbons (Fsp3) is 0.649. The van der Waals surface area contributed by atoms with Crippen LogP contribution >= 0.6 is 0 Å². The van der Waals surface area contributed by atoms with Gasteiger partial charge in [0.15, 0.2) is 0 Å². The van der Waals surface area contributed by atoms with E-state index in [0.717, 1.165) is 19.4 Å². The van der Waals surface area contributed by atoms with Gasteiger partial charge in [-0.25, -0.2) is 0 Å². The molecule has 2 aliphatic rings. The highest BCUT2D eigenvalue weighted by atomic mass is 16.1. The number of hydrogen-bond donors (Lipinski definition) is 0. The quantitative estimate of drug-likeness (QED) is 0.379. The van der Waals surface area contributed by atoms with Crippen LogP contribution in [0.2, 0.25) is 0 Å². The number of likely N-dealkylation sites (tertiary alicyclic amines) is 1. The van der Waals surface area contributed by atoms with Gasteiger partial charge in [0, 0.05) is 30.5 Å². The maximum Gasteiger partial charge on any atom is 0.143 e. The number of aryl methyl sites for hydroxylation is 1. The number of hydrogen-bond acceptors (Lipinski definition) is 2. The molecule has 4 rings (SSSR count). The third-order valence-corrected chi connectivity index (χ3v) is 9.49. The standard InChI is InChI=1S/C31H43NO.3C2H6/c1-20-23(4)32(19-25-13-9-8-10-14-25)24(5)21(2)28(20)22(3)30(33)29-27-16-12-11-15-26(27)17-18-31(29,6)7;3*1-2/h8-16,20-24,28-29H,17-19H2,1-7H3;3*1-2H3. The summed E-state index contributed by atoms with van der Waals surface area (Å²) in [6.07, 6.45) is 2.17. The minimum absolute atomic E-state index is 0.00445. The molecular weight excluding hydrogens is 474 g/mol. The van der Waals surface area contributed by atoms with Crippen LogP contribution in [0.3, 0.4) is 0 Å². The predicted molar refractivity (Wildman–Crippen MR) is 172 cm³/mol. The molecule has 1 aliphatic carbocycles. The Kier molecular flexibility index (Phi) is 14.7. The van der Waals surface area contributed by atoms with Crippen LogP contribution in [0.1, 0.15) is 119 Å². The van der Waals surface area contributed by atoms with E-state index in [1.54, 1.807) is 0 Å². The molecule has 1 heterocycles. The van der Waals surface area contributed by atoms with Crippen molar-refractivity contribution < 1.29 is 4.79 Å². The summed E-state index contributed by atoms with van der Waals surface area (Å²) in [5.74, 6) is 1.88. The van der Waals surface area contributed by atoms with Crippen molar-refractivity contribution in [2.45, 2.75) is 127 Å². The Bertz CT molecular complexity index is 948. The molecule has 0 N–H and O–H groups in total. The number of carbonyl (C=O) groups excluding carboxylic acids is 1. The van der Waals surface area contributed by atoms with Crippen LogP contribution in [0, 0.1) is 29.1 Å². The molecule has 220 valence electrons. The summed E-state index contributed by atoms with van der Waals surface area (Å²) in [5.41, 5.74) is 4.05. The monoisotopic (exact) mass is 535 g/mol. The molecule has 1 aliphatic heterocycles. The minimum Gasteiger partial charge on any atom is -0.299 e. The number of benzene rings is 2. The Morgan fingerprint density at radius 2 is 1.31 bits per heavy atom. The van der Waals surface area contributed by atoms with E-state index in [1.807, 2.05) is 41.5 Å². The van der Waals surface area contributed by atoms with Gasteiger partial charge in [-0.3, -0.25) is 9.69 Å². The van der Waals surface area contributed by atoms with Crippen molar-refractivity contribution in [1.82, 2.24) is 4.90 Å². The molecule has 39 heavy (non-hydrogen) atoms. The lowest BCUT2D eigenvalue weighted by atomic mass is 9.59. The first-order valence-corrected chi connectivity index (χ1v) is 16.0. The van der Waals surface area contributed by atoms with Gasteiger partial charge in [-0.15, -0.1) is 0 Å². The smallest absolute Gasteiger partial charge is 0.143 e. The molecule has 2 aromatic rings. The Labute approximate surface area is 243 Å². The summed E-state index contributed by atoms with van der Waals surface area (Å²) in [6.45, 7) is 29.4. The molecule has 0 radical (unpaired) electrons. The zero-order chi connectivity index (χ0) is 29.9. The maximum atomic E-state index is 14.2. The molecule has 1 saturated heterocycles. The zero-order valence-corrected chi connectivity index (χ0v) is 27.7. The molecule has 0 amide bonds. The predicted octanol–water partition coefficient (Wildman–Crippen LogP) is 10.2. The van der Waals surface area contributed by atoms with E-state index in [4.69, 9.17) is 0 Å². The van der Waals surface area contributed by atoms with Gasteiger partial charge in [0.2, 0.25) is 0 Å². The first kappa shape index (κ1) is 35.1. The number of piperidine rings is 1. The lowest BCUT2D eigenvalue weighted by Crippen LogP contribution is -2.57. The van der Waals surface area contributed by atoms with Gasteiger partial charge >= 0.3 is 0 Å². The number of ketones is 1. The number of nitrogens with zero attached hydrogens (tertiary/aromatic N) is 1. The third kappa shape index (κ3) is 7.84. The average Bonchev–Trinajstić information content (AvgIpc) is 2.97. The van der Waals surface area contributed by atoms with Crippen molar-refractivity contribution in [2.24, 2.45) is 29.1 Å². The molecule has 2 aromatic carbocycles. The number of carbonyl (C=O) groups is 1. The SMILES string of the molecule is CC.CC.CC.CC(C(=O)C1c2ccccc2CCC1(C)C)C1C(C)C(C)N(Cc2ccccc2)C(C)C1C. The van der Waals surface area contributed by atoms with Crippen molar-refractivity contribution in [3.8, 4) is 0 Å². The van der Waals surface area contributed by atoms with Crippen LogP contribution in [-0.2, 0) is 17.8 Å². The van der Waals surface area contributed by atoms with Gasteiger partial charge in [0.25, 0.3) is 0 Å². The molecular formula is C37H61NO. The van der Waals surface area contributed by atoms with Gasteiger partial charge < -0.3 is 0 Å². The van der Waals surface area contributed by atoms with Crippen LogP contribution in [0.4, 0.5) is 0 Å². The topological polar surface area (TPSA) is 20.3 Å². The van der Waals surface area contributed by atoms with Gasteiger partial charge in [0.05, 0.1) is 0 Å². The first-order chi connectivity index (χ1) is 18.6. The molecule has 0 aromatic heterocycles. The van der Waals surface area contributed by atoms with E-state index < -0.39 is 0 Å². The summed E-state index contributed by atoms with van der Waals surface area (Å²) in [4.78, 5) is 16.9. The fourth-order valence-corrected chi connectivity index (χ4v) is 7.15. The molecule has 6 atom stereocenters. The molecule has 6 unspecified atom stereocenters. The van der Waals surface area contributed by atoms with Crippen LogP contribution in [0.15, 0.2) is 54.6 Å². The third-order valence-electron chi connectivity index (χ3n) is 9.49. The van der Waals surface area contributed by atoms with Crippen molar-refractivity contribution in [2.75, 3.05) is 0 Å². The summed E-state index contributed by atoms with van der Waals surface area (Å²) in [5, 5.41) is 0. The van der Waals surface area contributed by atoms with Crippen molar-refractivity contribution >= 4 is 5.78 Å². The second kappa shape index (κ2) is 16.4. The van der Waals surface area contributed by atoms with E-state index in [9.17, 15) is 4.79 Å². The fourth-order valence-electron chi connectivity index (χ4n) is 7.15. The summed E-state index contributed by atoms with van der Waals surface area (Å²) < 4.78 is 0. The lowest BCUT2D eigenvalue weighted by molar-refractivity contribution is -0.133. The van der Waals surface area contributed by atoms with E-state index >= 15 is 0 Å². The normalized spacial score (nSPS) is 28.1. The van der Waals surface area contributed by atoms with E-state index in [-0.39, 0.29) is 17.3 Å². The zero-order valence-electron chi connectivity index (χ0n) is 27.7. The van der Waals surface area contributed by atoms with Crippen LogP contribution in [0.25, 0.3) is 0 Å². The highest BCUT2D eigenvalue weighted by molar-refractivity contribution is 5.89. The van der Waals surface area contributed by atoms with Crippen LogP contribution in [-0.4, -0.2) is 22.8 Å². The molecule has 1 fully saturated rings. The summed E-state index contributed by atoms with van der Waals surface area (Å²) in [7, 11) is 0. The largest absolute Gasteiger partial charge is 0.299 e. The van der Waals surface area contributed by atoms with Gasteiger partial charge in [-0.1, -0.05) is 131 Å². The minimum atomic E-state index is 0.00445. The van der Waals surface area contributed by atoms with Crippen molar-refractivity contribution in [1.29, 1.82) is 0 Å². The van der Waals surface area contributed by atoms with Crippen LogP contribution < -0.4 is 0 Å². The van der Waals surface area contributed by atoms with Crippen LogP contribution in [0.5, 0.6) is 0 Å². The highest BCUT2D eigenvalue weighted by Gasteiger charge is 2.49. The molecule has 2 heteroatoms. The Morgan fingerprint density at radius 1 is 0.821 bits per heavy atom. The molecule has 2 nitrogen and oxygen atoms in total. The summed E-state index contributed by atoms with van der Waals surface area (Å²) in [6, 6.07) is 20.4. The van der Waals surface area contributed by atoms with E-state index in [1.165, 1.54) is 16.7 Å². The molecule has 0 spiro atoms. The second-order valence-corrected chi connectivity index (χ2v) is 11.7. The number of Topliss-reactive ketones (excluding diaryl/α,β-unsaturated/α-hetero) is 1. The highest BCUT2D eigenvalue weighted by Crippen LogP contribution is 2.50. The van der Waals surface area contributed by atoms with Crippen molar-refractivity contribution in [3.63, 3.8) is 0 Å². The van der Waals surface area contributed by atoms with Gasteiger partial charge in [0.1, 0.15) is 5.78 Å². The molecule has 0 bridgehead atoms. The first-order valence-electron chi connectivity index (χ1n) is 16.0. The Morgan fingerprint density at radius 3 is 1.85 bits per heavy atom. The van der Waals surface area contributed by atoms with Gasteiger partial charge in [-0.05, 0) is 66.5 Å². The van der Waals surface area contributed by atoms with Gasteiger partial charge in [-0.2, -0.15) is 0 Å². The number of fused-ring (bicyclic) bond motifs is 1. The van der Waals surface area contributed by atoms with E-state index in [2.05, 4.69) is 108 Å². The maximum absolute atomic E-state index is 14.2. The summed E-state index contributed by atoms with van der Waals surface area (Å²) >= 11 is 0. The average molecular weight is 536 g/mol. The second-order valence-electron chi connectivity index (χ2n) is 11.7. The van der Waals surface area contributed by atoms with E-state index in [0.29, 0.717) is 35.6 Å². The Balaban J connectivity index is 0.00000119. The van der Waals surface area contributed by atoms with Crippen molar-refractivity contribution in [3.05, 3.63) is 71.3 Å². The Hall–Kier alpha value is -1.93. The number of rotatable bonds is 5.